The van der Waals surface area contributed by atoms with Crippen LogP contribution < -0.4 is 24.8 Å². The first-order chi connectivity index (χ1) is 8.66. The minimum absolute atomic E-state index is 0. The molecule has 0 saturated carbocycles. The Morgan fingerprint density at radius 2 is 2.00 bits per heavy atom. The van der Waals surface area contributed by atoms with E-state index < -0.39 is 0 Å². The zero-order valence-electron chi connectivity index (χ0n) is 13.0. The average molecular weight is 362 g/mol. The van der Waals surface area contributed by atoms with Crippen LogP contribution in [0.4, 0.5) is 0 Å². The van der Waals surface area contributed by atoms with Crippen molar-refractivity contribution in [3.05, 3.63) is 47.1 Å². The summed E-state index contributed by atoms with van der Waals surface area (Å²) < 4.78 is 6.23. The predicted octanol–water partition coefficient (Wildman–Crippen LogP) is -1.47. The molecule has 115 valence electrons. The molecule has 1 unspecified atom stereocenters. The van der Waals surface area contributed by atoms with Gasteiger partial charge < -0.3 is 29.6 Å². The molecule has 0 aromatic heterocycles. The molecular formula is C17H23Cl2OTi. The molecule has 0 amide bonds. The Morgan fingerprint density at radius 1 is 1.29 bits per heavy atom. The molecule has 2 aliphatic carbocycles. The van der Waals surface area contributed by atoms with Crippen LogP contribution in [0.15, 0.2) is 41.0 Å². The Hall–Kier alpha value is 0.214. The van der Waals surface area contributed by atoms with Crippen molar-refractivity contribution >= 4 is 0 Å². The first kappa shape index (κ1) is 23.5. The molecule has 0 bridgehead atoms. The maximum atomic E-state index is 6.23. The van der Waals surface area contributed by atoms with Crippen LogP contribution in [0.1, 0.15) is 46.5 Å². The second-order valence-electron chi connectivity index (χ2n) is 5.31. The van der Waals surface area contributed by atoms with Gasteiger partial charge in [0.05, 0.1) is 5.60 Å². The summed E-state index contributed by atoms with van der Waals surface area (Å²) in [5.41, 5.74) is 3.87. The van der Waals surface area contributed by atoms with E-state index in [1.54, 1.807) is 0 Å². The fraction of sp³-hybridized carbons (Fsp3) is 0.529. The van der Waals surface area contributed by atoms with E-state index >= 15 is 0 Å². The van der Waals surface area contributed by atoms with Gasteiger partial charge in [0, 0.05) is 6.61 Å². The summed E-state index contributed by atoms with van der Waals surface area (Å²) >= 11 is 0. The van der Waals surface area contributed by atoms with Crippen LogP contribution in [0.2, 0.25) is 0 Å². The minimum Gasteiger partial charge on any atom is -1.00 e. The van der Waals surface area contributed by atoms with E-state index in [4.69, 9.17) is 4.74 Å². The Balaban J connectivity index is 0. The minimum atomic E-state index is -0.132. The molecule has 0 spiro atoms. The zero-order valence-corrected chi connectivity index (χ0v) is 16.1. The van der Waals surface area contributed by atoms with E-state index in [1.165, 1.54) is 16.7 Å². The molecule has 1 radical (unpaired) electrons. The molecule has 21 heavy (non-hydrogen) atoms. The fourth-order valence-electron chi connectivity index (χ4n) is 2.63. The topological polar surface area (TPSA) is 9.23 Å². The second-order valence-corrected chi connectivity index (χ2v) is 5.31. The van der Waals surface area contributed by atoms with Gasteiger partial charge >= 0.3 is 21.7 Å². The van der Waals surface area contributed by atoms with E-state index in [2.05, 4.69) is 51.2 Å². The van der Waals surface area contributed by atoms with E-state index in [-0.39, 0.29) is 52.1 Å². The molecule has 0 aliphatic heterocycles. The number of halogens is 2. The van der Waals surface area contributed by atoms with E-state index in [0.717, 1.165) is 32.3 Å². The number of rotatable bonds is 5. The smallest absolute Gasteiger partial charge is 1.00 e. The Morgan fingerprint density at radius 3 is 2.52 bits per heavy atom. The molecule has 2 rings (SSSR count). The molecule has 1 atom stereocenters. The van der Waals surface area contributed by atoms with Gasteiger partial charge in [-0.15, -0.1) is 6.42 Å². The molecular weight excluding hydrogens is 339 g/mol. The molecule has 0 saturated heterocycles. The van der Waals surface area contributed by atoms with Crippen LogP contribution >= 0.6 is 0 Å². The van der Waals surface area contributed by atoms with Crippen LogP contribution in [0.25, 0.3) is 0 Å². The average Bonchev–Trinajstić information content (AvgIpc) is 2.84. The summed E-state index contributed by atoms with van der Waals surface area (Å²) in [7, 11) is 0. The van der Waals surface area contributed by atoms with Crippen molar-refractivity contribution in [3.63, 3.8) is 0 Å². The summed E-state index contributed by atoms with van der Waals surface area (Å²) in [4.78, 5) is 0. The van der Waals surface area contributed by atoms with E-state index in [0.29, 0.717) is 0 Å². The van der Waals surface area contributed by atoms with Crippen molar-refractivity contribution in [3.8, 4) is 0 Å². The van der Waals surface area contributed by atoms with Crippen molar-refractivity contribution < 1.29 is 51.3 Å². The molecule has 0 fully saturated rings. The first-order valence-corrected chi connectivity index (χ1v) is 6.92. The SMILES string of the molecule is CCCOC1(CC2=[C-]CC=C2)CC=C(C)C=C1C.[Cl-].[Cl-].[Ti+3]. The van der Waals surface area contributed by atoms with Crippen LogP contribution in [0.3, 0.4) is 0 Å². The van der Waals surface area contributed by atoms with Crippen molar-refractivity contribution in [2.24, 2.45) is 0 Å². The van der Waals surface area contributed by atoms with Crippen molar-refractivity contribution in [1.82, 2.24) is 0 Å². The number of ether oxygens (including phenoxy) is 1. The van der Waals surface area contributed by atoms with Gasteiger partial charge in [-0.3, -0.25) is 6.08 Å². The third kappa shape index (κ3) is 6.08. The molecule has 2 aliphatic rings. The third-order valence-corrected chi connectivity index (χ3v) is 3.74. The summed E-state index contributed by atoms with van der Waals surface area (Å²) in [6.45, 7) is 7.35. The van der Waals surface area contributed by atoms with Crippen molar-refractivity contribution in [1.29, 1.82) is 0 Å². The normalized spacial score (nSPS) is 23.1. The molecule has 1 nitrogen and oxygen atoms in total. The van der Waals surface area contributed by atoms with Gasteiger partial charge in [-0.25, -0.2) is 11.6 Å². The van der Waals surface area contributed by atoms with Gasteiger partial charge in [0.2, 0.25) is 0 Å². The summed E-state index contributed by atoms with van der Waals surface area (Å²) in [5, 5.41) is 0. The fourth-order valence-corrected chi connectivity index (χ4v) is 2.63. The van der Waals surface area contributed by atoms with Crippen molar-refractivity contribution in [2.75, 3.05) is 6.61 Å². The Bertz CT molecular complexity index is 438. The third-order valence-electron chi connectivity index (χ3n) is 3.74. The van der Waals surface area contributed by atoms with Gasteiger partial charge in [0.15, 0.2) is 0 Å². The first-order valence-electron chi connectivity index (χ1n) is 6.92. The van der Waals surface area contributed by atoms with Crippen molar-refractivity contribution in [2.45, 2.75) is 52.1 Å². The Labute approximate surface area is 156 Å². The molecule has 0 aromatic rings. The summed E-state index contributed by atoms with van der Waals surface area (Å²) in [5.74, 6) is 0. The monoisotopic (exact) mass is 361 g/mol. The molecule has 0 heterocycles. The maximum Gasteiger partial charge on any atom is 3.00 e. The number of allylic oxidation sites excluding steroid dienone is 5. The van der Waals surface area contributed by atoms with Crippen LogP contribution in [-0.4, -0.2) is 12.2 Å². The number of hydrogen-bond donors (Lipinski definition) is 0. The second kappa shape index (κ2) is 10.9. The van der Waals surface area contributed by atoms with Gasteiger partial charge in [0.1, 0.15) is 0 Å². The standard InChI is InChI=1S/C17H23O.2ClH.Ti/c1-4-11-18-17(13-16-7-5-6-8-16)10-9-14(2)12-15(17)3;;;/h5,7,9,12H,4,6,10-11,13H2,1-3H3;2*1H;/q-1;;;+3/p-2. The quantitative estimate of drug-likeness (QED) is 0.429. The van der Waals surface area contributed by atoms with E-state index in [9.17, 15) is 0 Å². The van der Waals surface area contributed by atoms with Gasteiger partial charge in [0.25, 0.3) is 0 Å². The predicted molar refractivity (Wildman–Crippen MR) is 76.2 cm³/mol. The largest absolute Gasteiger partial charge is 3.00 e. The zero-order chi connectivity index (χ0) is 13.0. The maximum absolute atomic E-state index is 6.23. The molecule has 0 aromatic carbocycles. The van der Waals surface area contributed by atoms with Crippen LogP contribution in [-0.2, 0) is 26.5 Å². The van der Waals surface area contributed by atoms with Gasteiger partial charge in [-0.05, 0) is 38.7 Å². The molecule has 0 N–H and O–H groups in total. The van der Waals surface area contributed by atoms with E-state index in [1.807, 2.05) is 0 Å². The van der Waals surface area contributed by atoms with Crippen LogP contribution in [0.5, 0.6) is 0 Å². The Kier molecular flexibility index (Phi) is 12.1. The number of hydrogen-bond acceptors (Lipinski definition) is 1. The summed E-state index contributed by atoms with van der Waals surface area (Å²) in [6.07, 6.45) is 16.3. The van der Waals surface area contributed by atoms with Gasteiger partial charge in [-0.2, -0.15) is 6.08 Å². The van der Waals surface area contributed by atoms with Gasteiger partial charge in [-0.1, -0.05) is 24.6 Å². The molecule has 4 heteroatoms. The van der Waals surface area contributed by atoms with Crippen LogP contribution in [0, 0.1) is 6.08 Å². The summed E-state index contributed by atoms with van der Waals surface area (Å²) in [6, 6.07) is 0.